The highest BCUT2D eigenvalue weighted by atomic mass is 32.2. The van der Waals surface area contributed by atoms with Crippen LogP contribution in [-0.4, -0.2) is 36.2 Å². The van der Waals surface area contributed by atoms with Crippen molar-refractivity contribution in [3.63, 3.8) is 0 Å². The highest BCUT2D eigenvalue weighted by Crippen LogP contribution is 2.13. The Morgan fingerprint density at radius 2 is 1.12 bits per heavy atom. The number of rotatable bonds is 17. The van der Waals surface area contributed by atoms with E-state index >= 15 is 0 Å². The fraction of sp³-hybridized carbons (Fsp3) is 0.947. The van der Waals surface area contributed by atoms with Gasteiger partial charge in [0.25, 0.3) is 10.1 Å². The molecule has 0 aliphatic heterocycles. The lowest BCUT2D eigenvalue weighted by Gasteiger charge is -2.18. The molecule has 150 valence electrons. The summed E-state index contributed by atoms with van der Waals surface area (Å²) in [5.41, 5.74) is 0. The lowest BCUT2D eigenvalue weighted by atomic mass is 10.0. The van der Waals surface area contributed by atoms with Gasteiger partial charge in [-0.3, -0.25) is 9.35 Å². The first-order chi connectivity index (χ1) is 11.9. The summed E-state index contributed by atoms with van der Waals surface area (Å²) in [4.78, 5) is 12.5. The van der Waals surface area contributed by atoms with Crippen LogP contribution in [0.2, 0.25) is 0 Å². The number of carbonyl (C=O) groups is 1. The minimum absolute atomic E-state index is 0.313. The fourth-order valence-corrected chi connectivity index (χ4v) is 3.71. The number of unbranched alkanes of at least 4 members (excludes halogenated alkanes) is 13. The highest BCUT2D eigenvalue weighted by Gasteiger charge is 2.15. The van der Waals surface area contributed by atoms with Crippen molar-refractivity contribution in [2.75, 3.05) is 12.4 Å². The molecule has 0 aliphatic carbocycles. The van der Waals surface area contributed by atoms with Crippen molar-refractivity contribution in [1.29, 1.82) is 0 Å². The molecule has 0 heterocycles. The van der Waals surface area contributed by atoms with Gasteiger partial charge in [-0.25, -0.2) is 0 Å². The van der Waals surface area contributed by atoms with Crippen LogP contribution in [0.4, 0.5) is 0 Å². The zero-order valence-corrected chi connectivity index (χ0v) is 17.2. The zero-order valence-electron chi connectivity index (χ0n) is 16.3. The van der Waals surface area contributed by atoms with Gasteiger partial charge in [0.1, 0.15) is 5.88 Å². The topological polar surface area (TPSA) is 74.7 Å². The van der Waals surface area contributed by atoms with Gasteiger partial charge in [-0.05, 0) is 6.42 Å². The zero-order chi connectivity index (χ0) is 19.0. The molecule has 0 aromatic rings. The van der Waals surface area contributed by atoms with E-state index in [9.17, 15) is 13.2 Å². The van der Waals surface area contributed by atoms with Gasteiger partial charge in [-0.2, -0.15) is 8.42 Å². The quantitative estimate of drug-likeness (QED) is 0.280. The van der Waals surface area contributed by atoms with E-state index in [1.807, 2.05) is 0 Å². The largest absolute Gasteiger partial charge is 0.326 e. The third-order valence-corrected chi connectivity index (χ3v) is 5.18. The van der Waals surface area contributed by atoms with Crippen LogP contribution >= 0.6 is 0 Å². The molecule has 6 heteroatoms. The summed E-state index contributed by atoms with van der Waals surface area (Å²) < 4.78 is 30.5. The summed E-state index contributed by atoms with van der Waals surface area (Å²) in [5.74, 6) is -0.909. The molecule has 1 N–H and O–H groups in total. The van der Waals surface area contributed by atoms with Gasteiger partial charge in [0.05, 0.1) is 0 Å². The molecule has 5 nitrogen and oxygen atoms in total. The first-order valence-corrected chi connectivity index (χ1v) is 11.7. The Morgan fingerprint density at radius 3 is 1.44 bits per heavy atom. The molecule has 0 saturated carbocycles. The van der Waals surface area contributed by atoms with Crippen molar-refractivity contribution < 1.29 is 17.8 Å². The molecule has 0 unspecified atom stereocenters. The van der Waals surface area contributed by atoms with Gasteiger partial charge in [0.2, 0.25) is 5.91 Å². The normalized spacial score (nSPS) is 11.6. The van der Waals surface area contributed by atoms with Crippen molar-refractivity contribution in [3.8, 4) is 0 Å². The van der Waals surface area contributed by atoms with Crippen molar-refractivity contribution in [3.05, 3.63) is 0 Å². The summed E-state index contributed by atoms with van der Waals surface area (Å²) in [6, 6.07) is 0. The fourth-order valence-electron chi connectivity index (χ4n) is 3.01. The molecule has 0 aliphatic rings. The minimum atomic E-state index is -4.13. The standard InChI is InChI=1S/C19H39NO4S/c1-3-4-5-6-7-8-9-10-11-12-13-14-15-16-17-20(19(2)21)18-25(22,23)24/h3-18H2,1-2H3,(H,22,23,24). The molecule has 0 radical (unpaired) electrons. The number of nitrogens with zero attached hydrogens (tertiary/aromatic N) is 1. The smallest absolute Gasteiger partial charge is 0.283 e. The Hall–Kier alpha value is -0.620. The average Bonchev–Trinajstić information content (AvgIpc) is 2.52. The summed E-state index contributed by atoms with van der Waals surface area (Å²) in [5, 5.41) is 0. The maximum absolute atomic E-state index is 11.3. The van der Waals surface area contributed by atoms with Gasteiger partial charge < -0.3 is 4.90 Å². The lowest BCUT2D eigenvalue weighted by Crippen LogP contribution is -2.34. The molecular formula is C19H39NO4S. The Bertz CT molecular complexity index is 423. The second-order valence-corrected chi connectivity index (χ2v) is 8.51. The van der Waals surface area contributed by atoms with Gasteiger partial charge in [0, 0.05) is 13.5 Å². The van der Waals surface area contributed by atoms with E-state index in [4.69, 9.17) is 4.55 Å². The van der Waals surface area contributed by atoms with E-state index in [1.165, 1.54) is 82.5 Å². The van der Waals surface area contributed by atoms with Crippen LogP contribution in [-0.2, 0) is 14.9 Å². The Kier molecular flexibility index (Phi) is 15.2. The van der Waals surface area contributed by atoms with E-state index in [0.29, 0.717) is 6.54 Å². The Morgan fingerprint density at radius 1 is 0.760 bits per heavy atom. The molecule has 25 heavy (non-hydrogen) atoms. The number of carbonyl (C=O) groups excluding carboxylic acids is 1. The average molecular weight is 378 g/mol. The molecule has 1 amide bonds. The maximum Gasteiger partial charge on any atom is 0.283 e. The molecular weight excluding hydrogens is 338 g/mol. The van der Waals surface area contributed by atoms with Crippen LogP contribution in [0.3, 0.4) is 0 Å². The maximum atomic E-state index is 11.3. The molecule has 0 saturated heterocycles. The summed E-state index contributed by atoms with van der Waals surface area (Å²) >= 11 is 0. The van der Waals surface area contributed by atoms with Crippen LogP contribution in [0, 0.1) is 0 Å². The van der Waals surface area contributed by atoms with E-state index < -0.39 is 16.0 Å². The van der Waals surface area contributed by atoms with Crippen molar-refractivity contribution in [2.45, 2.75) is 104 Å². The number of hydrogen-bond donors (Lipinski definition) is 1. The second-order valence-electron chi connectivity index (χ2n) is 7.09. The van der Waals surface area contributed by atoms with E-state index in [2.05, 4.69) is 6.92 Å². The van der Waals surface area contributed by atoms with E-state index in [0.717, 1.165) is 19.3 Å². The predicted octanol–water partition coefficient (Wildman–Crippen LogP) is 5.16. The first kappa shape index (κ1) is 24.4. The van der Waals surface area contributed by atoms with Gasteiger partial charge in [0.15, 0.2) is 0 Å². The summed E-state index contributed by atoms with van der Waals surface area (Å²) in [6.45, 7) is 3.97. The molecule has 0 aromatic carbocycles. The molecule has 0 rings (SSSR count). The lowest BCUT2D eigenvalue weighted by molar-refractivity contribution is -0.128. The SMILES string of the molecule is CCCCCCCCCCCCCCCCN(CS(=O)(=O)O)C(C)=O. The monoisotopic (exact) mass is 377 g/mol. The molecule has 0 spiro atoms. The Labute approximate surface area is 155 Å². The van der Waals surface area contributed by atoms with Crippen LogP contribution in [0.25, 0.3) is 0 Å². The molecule has 0 atom stereocenters. The summed E-state index contributed by atoms with van der Waals surface area (Å²) in [7, 11) is -4.13. The third kappa shape index (κ3) is 18.0. The van der Waals surface area contributed by atoms with E-state index in [1.54, 1.807) is 0 Å². The molecule has 0 fully saturated rings. The van der Waals surface area contributed by atoms with Gasteiger partial charge >= 0.3 is 0 Å². The minimum Gasteiger partial charge on any atom is -0.326 e. The Balaban J connectivity index is 3.41. The van der Waals surface area contributed by atoms with Crippen molar-refractivity contribution in [2.24, 2.45) is 0 Å². The number of hydrogen-bond acceptors (Lipinski definition) is 3. The predicted molar refractivity (Wildman–Crippen MR) is 104 cm³/mol. The molecule has 0 bridgehead atoms. The first-order valence-electron chi connectivity index (χ1n) is 10.1. The third-order valence-electron chi connectivity index (χ3n) is 4.55. The van der Waals surface area contributed by atoms with Crippen LogP contribution in [0.5, 0.6) is 0 Å². The van der Waals surface area contributed by atoms with Crippen LogP contribution < -0.4 is 0 Å². The van der Waals surface area contributed by atoms with Gasteiger partial charge in [-0.15, -0.1) is 0 Å². The summed E-state index contributed by atoms with van der Waals surface area (Å²) in [6.07, 6.45) is 17.6. The molecule has 0 aromatic heterocycles. The van der Waals surface area contributed by atoms with Crippen molar-refractivity contribution >= 4 is 16.0 Å². The highest BCUT2D eigenvalue weighted by molar-refractivity contribution is 7.85. The van der Waals surface area contributed by atoms with Crippen LogP contribution in [0.1, 0.15) is 104 Å². The van der Waals surface area contributed by atoms with Crippen molar-refractivity contribution in [1.82, 2.24) is 4.90 Å². The van der Waals surface area contributed by atoms with Crippen LogP contribution in [0.15, 0.2) is 0 Å². The number of amides is 1. The van der Waals surface area contributed by atoms with E-state index in [-0.39, 0.29) is 5.91 Å². The second kappa shape index (κ2) is 15.6. The van der Waals surface area contributed by atoms with Gasteiger partial charge in [-0.1, -0.05) is 90.4 Å².